The Kier molecular flexibility index (Phi) is 5.66. The summed E-state index contributed by atoms with van der Waals surface area (Å²) in [7, 11) is -4.09. The van der Waals surface area contributed by atoms with Crippen LogP contribution in [0.25, 0.3) is 0 Å². The third kappa shape index (κ3) is 4.92. The molecule has 8 nitrogen and oxygen atoms in total. The number of hydrazone groups is 1. The number of para-hydroxylation sites is 1. The van der Waals surface area contributed by atoms with Gasteiger partial charge in [-0.2, -0.15) is 13.5 Å². The van der Waals surface area contributed by atoms with Gasteiger partial charge in [-0.3, -0.25) is 15.5 Å². The summed E-state index contributed by atoms with van der Waals surface area (Å²) in [4.78, 5) is 9.87. The van der Waals surface area contributed by atoms with E-state index >= 15 is 0 Å². The summed E-state index contributed by atoms with van der Waals surface area (Å²) in [6, 6.07) is 20.2. The Morgan fingerprint density at radius 3 is 2.18 bits per heavy atom. The normalized spacial score (nSPS) is 11.3. The molecular weight excluding hydrogens is 382 g/mol. The van der Waals surface area contributed by atoms with Crippen molar-refractivity contribution >= 4 is 27.7 Å². The van der Waals surface area contributed by atoms with Crippen molar-refractivity contribution in [2.24, 2.45) is 5.10 Å². The Morgan fingerprint density at radius 2 is 1.57 bits per heavy atom. The number of non-ortho nitro benzene ring substituents is 1. The van der Waals surface area contributed by atoms with Crippen LogP contribution in [-0.4, -0.2) is 19.6 Å². The summed E-state index contributed by atoms with van der Waals surface area (Å²) in [5, 5.41) is 14.7. The summed E-state index contributed by atoms with van der Waals surface area (Å²) in [5.41, 5.74) is 4.25. The molecule has 28 heavy (non-hydrogen) atoms. The molecule has 0 saturated carbocycles. The molecule has 3 aromatic carbocycles. The first-order valence-corrected chi connectivity index (χ1v) is 9.48. The zero-order valence-corrected chi connectivity index (χ0v) is 15.2. The minimum Gasteiger partial charge on any atom is -0.379 e. The number of anilines is 1. The molecule has 0 aliphatic rings. The molecular formula is C19H15N3O5S. The van der Waals surface area contributed by atoms with Gasteiger partial charge in [-0.25, -0.2) is 0 Å². The largest absolute Gasteiger partial charge is 0.379 e. The van der Waals surface area contributed by atoms with Crippen LogP contribution >= 0.6 is 0 Å². The fraction of sp³-hybridized carbons (Fsp3) is 0. The summed E-state index contributed by atoms with van der Waals surface area (Å²) in [5.74, 6) is 0.117. The summed E-state index contributed by atoms with van der Waals surface area (Å²) in [6.07, 6.45) is 1.58. The van der Waals surface area contributed by atoms with Crippen LogP contribution in [0.15, 0.2) is 88.9 Å². The number of nitrogens with zero attached hydrogens (tertiary/aromatic N) is 2. The number of rotatable bonds is 7. The van der Waals surface area contributed by atoms with Crippen LogP contribution in [-0.2, 0) is 10.1 Å². The van der Waals surface area contributed by atoms with E-state index in [2.05, 4.69) is 10.5 Å². The molecule has 0 aromatic heterocycles. The number of hydrogen-bond acceptors (Lipinski definition) is 7. The second-order valence-corrected chi connectivity index (χ2v) is 7.14. The van der Waals surface area contributed by atoms with Gasteiger partial charge in [0.1, 0.15) is 10.6 Å². The molecule has 0 bridgehead atoms. The standard InChI is InChI=1S/C19H15N3O5S/c23-22(24)17-8-12-19(13-9-17)28(25,26)27-18-10-6-15(7-11-18)14-20-21-16-4-2-1-3-5-16/h1-14,21H/b20-14-. The van der Waals surface area contributed by atoms with Crippen molar-refractivity contribution in [3.63, 3.8) is 0 Å². The van der Waals surface area contributed by atoms with Gasteiger partial charge in [0.05, 0.1) is 16.8 Å². The molecule has 0 heterocycles. The monoisotopic (exact) mass is 397 g/mol. The lowest BCUT2D eigenvalue weighted by atomic mass is 10.2. The Bertz CT molecular complexity index is 1080. The quantitative estimate of drug-likeness (QED) is 0.281. The van der Waals surface area contributed by atoms with Gasteiger partial charge >= 0.3 is 10.1 Å². The molecule has 0 fully saturated rings. The van der Waals surface area contributed by atoms with Gasteiger partial charge in [0.2, 0.25) is 0 Å². The smallest absolute Gasteiger partial charge is 0.339 e. The predicted molar refractivity (Wildman–Crippen MR) is 105 cm³/mol. The average molecular weight is 397 g/mol. The van der Waals surface area contributed by atoms with E-state index in [1.807, 2.05) is 30.3 Å². The highest BCUT2D eigenvalue weighted by Crippen LogP contribution is 2.21. The number of hydrogen-bond donors (Lipinski definition) is 1. The molecule has 0 amide bonds. The van der Waals surface area contributed by atoms with E-state index in [1.54, 1.807) is 18.3 Å². The first-order chi connectivity index (χ1) is 13.4. The minimum atomic E-state index is -4.09. The van der Waals surface area contributed by atoms with E-state index in [0.717, 1.165) is 35.5 Å². The molecule has 142 valence electrons. The molecule has 3 rings (SSSR count). The van der Waals surface area contributed by atoms with Crippen LogP contribution in [0.4, 0.5) is 11.4 Å². The molecule has 0 saturated heterocycles. The van der Waals surface area contributed by atoms with Gasteiger partial charge in [-0.05, 0) is 54.1 Å². The van der Waals surface area contributed by atoms with Gasteiger partial charge < -0.3 is 4.18 Å². The Morgan fingerprint density at radius 1 is 0.929 bits per heavy atom. The SMILES string of the molecule is O=[N+]([O-])c1ccc(S(=O)(=O)Oc2ccc(/C=N\Nc3ccccc3)cc2)cc1. The second-order valence-electron chi connectivity index (χ2n) is 5.59. The predicted octanol–water partition coefficient (Wildman–Crippen LogP) is 3.81. The number of nitrogens with one attached hydrogen (secondary N) is 1. The fourth-order valence-electron chi connectivity index (χ4n) is 2.21. The van der Waals surface area contributed by atoms with E-state index in [-0.39, 0.29) is 16.3 Å². The summed E-state index contributed by atoms with van der Waals surface area (Å²) < 4.78 is 29.6. The lowest BCUT2D eigenvalue weighted by molar-refractivity contribution is -0.384. The van der Waals surface area contributed by atoms with Crippen LogP contribution in [0.3, 0.4) is 0 Å². The molecule has 9 heteroatoms. The van der Waals surface area contributed by atoms with E-state index in [1.165, 1.54) is 12.1 Å². The maximum Gasteiger partial charge on any atom is 0.339 e. The molecule has 0 aliphatic heterocycles. The van der Waals surface area contributed by atoms with Crippen LogP contribution in [0.5, 0.6) is 5.75 Å². The van der Waals surface area contributed by atoms with Crippen molar-refractivity contribution in [2.75, 3.05) is 5.43 Å². The van der Waals surface area contributed by atoms with Gasteiger partial charge in [-0.1, -0.05) is 18.2 Å². The van der Waals surface area contributed by atoms with Crippen molar-refractivity contribution < 1.29 is 17.5 Å². The first-order valence-electron chi connectivity index (χ1n) is 8.07. The van der Waals surface area contributed by atoms with E-state index in [0.29, 0.717) is 0 Å². The third-order valence-electron chi connectivity index (χ3n) is 3.60. The maximum absolute atomic E-state index is 12.3. The highest BCUT2D eigenvalue weighted by Gasteiger charge is 2.18. The van der Waals surface area contributed by atoms with Gasteiger partial charge in [0.25, 0.3) is 5.69 Å². The van der Waals surface area contributed by atoms with Gasteiger partial charge in [0, 0.05) is 12.1 Å². The summed E-state index contributed by atoms with van der Waals surface area (Å²) >= 11 is 0. The van der Waals surface area contributed by atoms with Gasteiger partial charge in [-0.15, -0.1) is 0 Å². The highest BCUT2D eigenvalue weighted by atomic mass is 32.2. The number of nitro benzene ring substituents is 1. The van der Waals surface area contributed by atoms with Crippen LogP contribution in [0.2, 0.25) is 0 Å². The lowest BCUT2D eigenvalue weighted by Gasteiger charge is -2.07. The Balaban J connectivity index is 1.65. The van der Waals surface area contributed by atoms with Crippen molar-refractivity contribution in [2.45, 2.75) is 4.90 Å². The topological polar surface area (TPSA) is 111 Å². The van der Waals surface area contributed by atoms with Crippen LogP contribution < -0.4 is 9.61 Å². The Labute approximate surface area is 161 Å². The van der Waals surface area contributed by atoms with Crippen LogP contribution in [0, 0.1) is 10.1 Å². The number of nitro groups is 1. The summed E-state index contributed by atoms with van der Waals surface area (Å²) in [6.45, 7) is 0. The van der Waals surface area contributed by atoms with Crippen molar-refractivity contribution in [3.05, 3.63) is 94.5 Å². The first kappa shape index (κ1) is 19.1. The van der Waals surface area contributed by atoms with Crippen molar-refractivity contribution in [1.29, 1.82) is 0 Å². The minimum absolute atomic E-state index is 0.117. The molecule has 0 radical (unpaired) electrons. The average Bonchev–Trinajstić information content (AvgIpc) is 2.70. The van der Waals surface area contributed by atoms with Crippen molar-refractivity contribution in [1.82, 2.24) is 0 Å². The van der Waals surface area contributed by atoms with E-state index in [9.17, 15) is 18.5 Å². The third-order valence-corrected chi connectivity index (χ3v) is 4.86. The van der Waals surface area contributed by atoms with Gasteiger partial charge in [0.15, 0.2) is 0 Å². The molecule has 0 unspecified atom stereocenters. The zero-order chi connectivity index (χ0) is 20.0. The maximum atomic E-state index is 12.3. The number of benzene rings is 3. The molecule has 0 aliphatic carbocycles. The highest BCUT2D eigenvalue weighted by molar-refractivity contribution is 7.87. The molecule has 3 aromatic rings. The van der Waals surface area contributed by atoms with E-state index in [4.69, 9.17) is 4.18 Å². The van der Waals surface area contributed by atoms with Crippen molar-refractivity contribution in [3.8, 4) is 5.75 Å². The fourth-order valence-corrected chi connectivity index (χ4v) is 3.14. The van der Waals surface area contributed by atoms with E-state index < -0.39 is 15.0 Å². The zero-order valence-electron chi connectivity index (χ0n) is 14.4. The Hall–Kier alpha value is -3.72. The molecule has 0 atom stereocenters. The second kappa shape index (κ2) is 8.31. The lowest BCUT2D eigenvalue weighted by Crippen LogP contribution is -2.09. The molecule has 0 spiro atoms. The van der Waals surface area contributed by atoms with Crippen LogP contribution in [0.1, 0.15) is 5.56 Å². The molecule has 1 N–H and O–H groups in total.